The van der Waals surface area contributed by atoms with Crippen molar-refractivity contribution < 1.29 is 4.39 Å². The Kier molecular flexibility index (Phi) is 4.02. The topological polar surface area (TPSA) is 3.24 Å². The molecular formula is C15H15BrFN. The smallest absolute Gasteiger partial charge is 0.139 e. The molecule has 2 rings (SSSR count). The Morgan fingerprint density at radius 1 is 1.11 bits per heavy atom. The van der Waals surface area contributed by atoms with Crippen molar-refractivity contribution in [3.8, 4) is 0 Å². The van der Waals surface area contributed by atoms with E-state index in [9.17, 15) is 4.39 Å². The molecule has 18 heavy (non-hydrogen) atoms. The fourth-order valence-electron chi connectivity index (χ4n) is 1.96. The van der Waals surface area contributed by atoms with Crippen molar-refractivity contribution in [2.75, 3.05) is 11.4 Å². The molecule has 0 bridgehead atoms. The van der Waals surface area contributed by atoms with E-state index in [4.69, 9.17) is 0 Å². The van der Waals surface area contributed by atoms with Gasteiger partial charge in [0, 0.05) is 17.9 Å². The Hall–Kier alpha value is -1.35. The van der Waals surface area contributed by atoms with Gasteiger partial charge in [-0.15, -0.1) is 0 Å². The molecule has 2 aromatic rings. The molecule has 0 saturated heterocycles. The first-order chi connectivity index (χ1) is 8.61. The molecule has 1 nitrogen and oxygen atoms in total. The third-order valence-corrected chi connectivity index (χ3v) is 3.49. The first-order valence-electron chi connectivity index (χ1n) is 5.91. The summed E-state index contributed by atoms with van der Waals surface area (Å²) < 4.78 is 14.1. The molecule has 0 aromatic heterocycles. The summed E-state index contributed by atoms with van der Waals surface area (Å²) in [6.07, 6.45) is 0. The maximum atomic E-state index is 13.6. The summed E-state index contributed by atoms with van der Waals surface area (Å²) in [7, 11) is 0. The summed E-state index contributed by atoms with van der Waals surface area (Å²) in [5.41, 5.74) is 3.14. The Balaban J connectivity index is 2.42. The number of aryl methyl sites for hydroxylation is 1. The van der Waals surface area contributed by atoms with Crippen molar-refractivity contribution >= 4 is 27.3 Å². The molecule has 0 unspecified atom stereocenters. The van der Waals surface area contributed by atoms with Crippen LogP contribution in [0.4, 0.5) is 15.8 Å². The Bertz CT molecular complexity index is 554. The third-order valence-electron chi connectivity index (χ3n) is 2.84. The van der Waals surface area contributed by atoms with Gasteiger partial charge >= 0.3 is 0 Å². The van der Waals surface area contributed by atoms with Gasteiger partial charge in [0.1, 0.15) is 5.82 Å². The van der Waals surface area contributed by atoms with Crippen LogP contribution in [0.1, 0.15) is 12.5 Å². The largest absolute Gasteiger partial charge is 0.342 e. The van der Waals surface area contributed by atoms with Gasteiger partial charge in [-0.05, 0) is 65.7 Å². The van der Waals surface area contributed by atoms with Crippen LogP contribution in [-0.4, -0.2) is 6.54 Å². The third kappa shape index (κ3) is 2.72. The van der Waals surface area contributed by atoms with E-state index in [1.165, 1.54) is 5.56 Å². The maximum Gasteiger partial charge on any atom is 0.139 e. The number of anilines is 2. The molecule has 0 amide bonds. The fourth-order valence-corrected chi connectivity index (χ4v) is 2.21. The number of benzene rings is 2. The highest BCUT2D eigenvalue weighted by Crippen LogP contribution is 2.28. The van der Waals surface area contributed by atoms with Gasteiger partial charge in [-0.2, -0.15) is 0 Å². The first kappa shape index (κ1) is 13.1. The number of hydrogen-bond donors (Lipinski definition) is 0. The van der Waals surface area contributed by atoms with E-state index < -0.39 is 0 Å². The second-order valence-electron chi connectivity index (χ2n) is 4.18. The lowest BCUT2D eigenvalue weighted by Gasteiger charge is -2.24. The van der Waals surface area contributed by atoms with Crippen LogP contribution in [0, 0.1) is 12.7 Å². The summed E-state index contributed by atoms with van der Waals surface area (Å²) in [6.45, 7) is 4.91. The Labute approximate surface area is 115 Å². The van der Waals surface area contributed by atoms with Gasteiger partial charge < -0.3 is 4.90 Å². The number of nitrogens with zero attached hydrogens (tertiary/aromatic N) is 1. The van der Waals surface area contributed by atoms with Gasteiger partial charge in [-0.3, -0.25) is 0 Å². The van der Waals surface area contributed by atoms with Crippen LogP contribution >= 0.6 is 15.9 Å². The average Bonchev–Trinajstić information content (AvgIpc) is 2.35. The zero-order chi connectivity index (χ0) is 13.1. The van der Waals surface area contributed by atoms with E-state index in [2.05, 4.69) is 46.8 Å². The van der Waals surface area contributed by atoms with E-state index in [1.54, 1.807) is 12.1 Å². The molecule has 0 heterocycles. The molecule has 3 heteroatoms. The molecule has 0 aliphatic heterocycles. The number of hydrogen-bond acceptors (Lipinski definition) is 1. The lowest BCUT2D eigenvalue weighted by Crippen LogP contribution is -2.16. The van der Waals surface area contributed by atoms with Gasteiger partial charge in [0.25, 0.3) is 0 Å². The highest BCUT2D eigenvalue weighted by molar-refractivity contribution is 9.10. The van der Waals surface area contributed by atoms with Gasteiger partial charge in [0.05, 0.1) is 4.47 Å². The van der Waals surface area contributed by atoms with E-state index in [0.29, 0.717) is 4.47 Å². The lowest BCUT2D eigenvalue weighted by atomic mass is 10.2. The van der Waals surface area contributed by atoms with E-state index >= 15 is 0 Å². The second-order valence-corrected chi connectivity index (χ2v) is 5.04. The molecule has 0 aliphatic carbocycles. The second kappa shape index (κ2) is 5.53. The Morgan fingerprint density at radius 2 is 1.83 bits per heavy atom. The normalized spacial score (nSPS) is 10.4. The van der Waals surface area contributed by atoms with Crippen LogP contribution in [0.25, 0.3) is 0 Å². The minimum atomic E-state index is -0.237. The van der Waals surface area contributed by atoms with Crippen molar-refractivity contribution in [2.24, 2.45) is 0 Å². The zero-order valence-electron chi connectivity index (χ0n) is 10.5. The summed E-state index contributed by atoms with van der Waals surface area (Å²) in [5.74, 6) is -0.237. The number of halogens is 2. The molecule has 2 aromatic carbocycles. The maximum absolute atomic E-state index is 13.6. The van der Waals surface area contributed by atoms with Gasteiger partial charge in [0.15, 0.2) is 0 Å². The molecule has 0 radical (unpaired) electrons. The van der Waals surface area contributed by atoms with Crippen LogP contribution in [0.5, 0.6) is 0 Å². The van der Waals surface area contributed by atoms with Crippen molar-refractivity contribution in [3.05, 3.63) is 58.3 Å². The van der Waals surface area contributed by atoms with Gasteiger partial charge in [-0.1, -0.05) is 12.1 Å². The van der Waals surface area contributed by atoms with E-state index in [0.717, 1.165) is 17.9 Å². The minimum Gasteiger partial charge on any atom is -0.342 e. The predicted molar refractivity (Wildman–Crippen MR) is 78.0 cm³/mol. The van der Waals surface area contributed by atoms with Gasteiger partial charge in [-0.25, -0.2) is 4.39 Å². The van der Waals surface area contributed by atoms with Crippen LogP contribution in [0.3, 0.4) is 0 Å². The number of rotatable bonds is 3. The van der Waals surface area contributed by atoms with Crippen LogP contribution in [-0.2, 0) is 0 Å². The molecule has 0 saturated carbocycles. The SMILES string of the molecule is CCN(c1cccc(C)c1)c1ccc(Br)c(F)c1. The molecule has 0 fully saturated rings. The molecule has 0 spiro atoms. The summed E-state index contributed by atoms with van der Waals surface area (Å²) in [6, 6.07) is 13.4. The van der Waals surface area contributed by atoms with Crippen LogP contribution < -0.4 is 4.90 Å². The summed E-state index contributed by atoms with van der Waals surface area (Å²) >= 11 is 3.17. The molecule has 94 valence electrons. The van der Waals surface area contributed by atoms with E-state index in [1.807, 2.05) is 18.2 Å². The standard InChI is InChI=1S/C15H15BrFN/c1-3-18(12-6-4-5-11(2)9-12)13-7-8-14(16)15(17)10-13/h4-10H,3H2,1-2H3. The fraction of sp³-hybridized carbons (Fsp3) is 0.200. The highest BCUT2D eigenvalue weighted by atomic mass is 79.9. The monoisotopic (exact) mass is 307 g/mol. The summed E-state index contributed by atoms with van der Waals surface area (Å²) in [4.78, 5) is 2.09. The molecule has 0 aliphatic rings. The average molecular weight is 308 g/mol. The first-order valence-corrected chi connectivity index (χ1v) is 6.70. The Morgan fingerprint density at radius 3 is 2.44 bits per heavy atom. The van der Waals surface area contributed by atoms with Crippen LogP contribution in [0.2, 0.25) is 0 Å². The van der Waals surface area contributed by atoms with Crippen molar-refractivity contribution in [2.45, 2.75) is 13.8 Å². The van der Waals surface area contributed by atoms with Crippen LogP contribution in [0.15, 0.2) is 46.9 Å². The van der Waals surface area contributed by atoms with Crippen molar-refractivity contribution in [1.29, 1.82) is 0 Å². The molecule has 0 N–H and O–H groups in total. The predicted octanol–water partition coefficient (Wildman–Crippen LogP) is 5.05. The van der Waals surface area contributed by atoms with Crippen molar-refractivity contribution in [3.63, 3.8) is 0 Å². The lowest BCUT2D eigenvalue weighted by molar-refractivity contribution is 0.621. The minimum absolute atomic E-state index is 0.237. The molecular weight excluding hydrogens is 293 g/mol. The molecule has 0 atom stereocenters. The summed E-state index contributed by atoms with van der Waals surface area (Å²) in [5, 5.41) is 0. The van der Waals surface area contributed by atoms with E-state index in [-0.39, 0.29) is 5.82 Å². The quantitative estimate of drug-likeness (QED) is 0.766. The van der Waals surface area contributed by atoms with Gasteiger partial charge in [0.2, 0.25) is 0 Å². The van der Waals surface area contributed by atoms with Crippen molar-refractivity contribution in [1.82, 2.24) is 0 Å². The highest BCUT2D eigenvalue weighted by Gasteiger charge is 2.09. The zero-order valence-corrected chi connectivity index (χ0v) is 12.0.